The molecule has 1 aromatic rings. The summed E-state index contributed by atoms with van der Waals surface area (Å²) >= 11 is 3.65. The molecule has 0 aromatic heterocycles. The Morgan fingerprint density at radius 1 is 1.43 bits per heavy atom. The molecule has 0 bridgehead atoms. The lowest BCUT2D eigenvalue weighted by Crippen LogP contribution is -2.27. The number of fused-ring (bicyclic) bond motifs is 1. The van der Waals surface area contributed by atoms with Crippen molar-refractivity contribution in [3.8, 4) is 0 Å². The fourth-order valence-electron chi connectivity index (χ4n) is 2.54. The number of likely N-dealkylation sites (N-methyl/N-ethyl adjacent to an activating group) is 1. The van der Waals surface area contributed by atoms with Crippen LogP contribution < -0.4 is 15.5 Å². The second-order valence-electron chi connectivity index (χ2n) is 5.97. The molecular formula is C16H24BrN3O. The highest BCUT2D eigenvalue weighted by Crippen LogP contribution is 2.38. The van der Waals surface area contributed by atoms with Gasteiger partial charge >= 0.3 is 0 Å². The summed E-state index contributed by atoms with van der Waals surface area (Å²) in [7, 11) is 2.09. The van der Waals surface area contributed by atoms with Crippen molar-refractivity contribution in [2.75, 3.05) is 30.4 Å². The monoisotopic (exact) mass is 353 g/mol. The molecular weight excluding hydrogens is 330 g/mol. The van der Waals surface area contributed by atoms with Gasteiger partial charge in [-0.05, 0) is 46.9 Å². The summed E-state index contributed by atoms with van der Waals surface area (Å²) in [6, 6.07) is 3.88. The lowest BCUT2D eigenvalue weighted by Gasteiger charge is -2.23. The van der Waals surface area contributed by atoms with Crippen molar-refractivity contribution in [2.24, 2.45) is 5.92 Å². The molecule has 0 spiro atoms. The predicted molar refractivity (Wildman–Crippen MR) is 91.9 cm³/mol. The van der Waals surface area contributed by atoms with Gasteiger partial charge in [-0.1, -0.05) is 20.8 Å². The van der Waals surface area contributed by atoms with Crippen molar-refractivity contribution in [3.63, 3.8) is 0 Å². The van der Waals surface area contributed by atoms with E-state index in [9.17, 15) is 4.79 Å². The van der Waals surface area contributed by atoms with Crippen LogP contribution in [0.15, 0.2) is 16.6 Å². The Hall–Kier alpha value is -1.07. The number of benzene rings is 1. The summed E-state index contributed by atoms with van der Waals surface area (Å²) in [6.07, 6.45) is 1.15. The Morgan fingerprint density at radius 3 is 2.76 bits per heavy atom. The number of anilines is 2. The van der Waals surface area contributed by atoms with E-state index >= 15 is 0 Å². The van der Waals surface area contributed by atoms with Crippen LogP contribution in [0, 0.1) is 5.92 Å². The van der Waals surface area contributed by atoms with Gasteiger partial charge in [0.25, 0.3) is 0 Å². The van der Waals surface area contributed by atoms with Crippen LogP contribution in [0.5, 0.6) is 0 Å². The number of amides is 1. The number of nitrogens with one attached hydrogen (secondary N) is 2. The zero-order valence-electron chi connectivity index (χ0n) is 13.2. The van der Waals surface area contributed by atoms with Crippen molar-refractivity contribution in [1.29, 1.82) is 0 Å². The van der Waals surface area contributed by atoms with Crippen molar-refractivity contribution >= 4 is 33.2 Å². The van der Waals surface area contributed by atoms with E-state index in [2.05, 4.69) is 64.5 Å². The highest BCUT2D eigenvalue weighted by atomic mass is 79.9. The molecule has 21 heavy (non-hydrogen) atoms. The predicted octanol–water partition coefficient (Wildman–Crippen LogP) is 3.53. The molecule has 5 heteroatoms. The second kappa shape index (κ2) is 6.79. The highest BCUT2D eigenvalue weighted by molar-refractivity contribution is 9.10. The van der Waals surface area contributed by atoms with E-state index in [1.54, 1.807) is 0 Å². The second-order valence-corrected chi connectivity index (χ2v) is 6.83. The average Bonchev–Trinajstić information content (AvgIpc) is 2.72. The van der Waals surface area contributed by atoms with Crippen LogP contribution in [0.1, 0.15) is 38.8 Å². The molecule has 1 aliphatic rings. The van der Waals surface area contributed by atoms with Gasteiger partial charge in [-0.3, -0.25) is 4.79 Å². The Balaban J connectivity index is 2.24. The van der Waals surface area contributed by atoms with Gasteiger partial charge in [0.1, 0.15) is 6.04 Å². The molecule has 0 saturated carbocycles. The minimum atomic E-state index is -0.240. The molecule has 0 fully saturated rings. The van der Waals surface area contributed by atoms with E-state index < -0.39 is 0 Å². The molecule has 0 saturated heterocycles. The van der Waals surface area contributed by atoms with Crippen molar-refractivity contribution in [1.82, 2.24) is 5.32 Å². The van der Waals surface area contributed by atoms with E-state index in [1.807, 2.05) is 6.92 Å². The van der Waals surface area contributed by atoms with Gasteiger partial charge in [0, 0.05) is 29.3 Å². The molecule has 2 N–H and O–H groups in total. The van der Waals surface area contributed by atoms with E-state index in [0.29, 0.717) is 5.92 Å². The number of nitrogens with zero attached hydrogens (tertiary/aromatic N) is 1. The summed E-state index contributed by atoms with van der Waals surface area (Å²) in [4.78, 5) is 14.3. The number of halogens is 1. The van der Waals surface area contributed by atoms with Crippen LogP contribution in [0.25, 0.3) is 0 Å². The number of carbonyl (C=O) groups excluding carboxylic acids is 1. The maximum atomic E-state index is 12.0. The standard InChI is InChI=1S/C16H24BrN3O/c1-5-18-15-11-8-12(17)14(9-13(11)19-16(15)21)20(4)7-6-10(2)3/h8-10,15,18H,5-7H2,1-4H3,(H,19,21). The van der Waals surface area contributed by atoms with Gasteiger partial charge in [0.15, 0.2) is 0 Å². The molecule has 0 aliphatic carbocycles. The molecule has 116 valence electrons. The van der Waals surface area contributed by atoms with Gasteiger partial charge in [-0.2, -0.15) is 0 Å². The molecule has 4 nitrogen and oxygen atoms in total. The topological polar surface area (TPSA) is 44.4 Å². The third-order valence-electron chi connectivity index (χ3n) is 3.81. The van der Waals surface area contributed by atoms with E-state index in [4.69, 9.17) is 0 Å². The fraction of sp³-hybridized carbons (Fsp3) is 0.562. The van der Waals surface area contributed by atoms with Crippen molar-refractivity contribution < 1.29 is 4.79 Å². The summed E-state index contributed by atoms with van der Waals surface area (Å²) < 4.78 is 1.03. The third-order valence-corrected chi connectivity index (χ3v) is 4.45. The van der Waals surface area contributed by atoms with Gasteiger partial charge in [0.2, 0.25) is 5.91 Å². The Morgan fingerprint density at radius 2 is 2.14 bits per heavy atom. The average molecular weight is 354 g/mol. The molecule has 0 radical (unpaired) electrons. The molecule has 2 rings (SSSR count). The Kier molecular flexibility index (Phi) is 5.27. The number of hydrogen-bond donors (Lipinski definition) is 2. The minimum Gasteiger partial charge on any atom is -0.374 e. The van der Waals surface area contributed by atoms with Crippen LogP contribution in [-0.4, -0.2) is 26.0 Å². The maximum absolute atomic E-state index is 12.0. The van der Waals surface area contributed by atoms with Crippen molar-refractivity contribution in [3.05, 3.63) is 22.2 Å². The zero-order valence-corrected chi connectivity index (χ0v) is 14.8. The summed E-state index contributed by atoms with van der Waals surface area (Å²) in [5.41, 5.74) is 3.06. The molecule has 1 atom stereocenters. The largest absolute Gasteiger partial charge is 0.374 e. The normalized spacial score (nSPS) is 17.0. The maximum Gasteiger partial charge on any atom is 0.246 e. The zero-order chi connectivity index (χ0) is 15.6. The molecule has 1 unspecified atom stereocenters. The lowest BCUT2D eigenvalue weighted by atomic mass is 10.1. The van der Waals surface area contributed by atoms with Crippen LogP contribution in [0.3, 0.4) is 0 Å². The van der Waals surface area contributed by atoms with E-state index in [0.717, 1.165) is 40.9 Å². The van der Waals surface area contributed by atoms with E-state index in [1.165, 1.54) is 0 Å². The number of rotatable bonds is 6. The van der Waals surface area contributed by atoms with Crippen LogP contribution >= 0.6 is 15.9 Å². The smallest absolute Gasteiger partial charge is 0.246 e. The summed E-state index contributed by atoms with van der Waals surface area (Å²) in [5.74, 6) is 0.708. The third kappa shape index (κ3) is 3.58. The Labute approximate surface area is 135 Å². The SMILES string of the molecule is CCNC1C(=O)Nc2cc(N(C)CCC(C)C)c(Br)cc21. The van der Waals surface area contributed by atoms with Crippen LogP contribution in [0.4, 0.5) is 11.4 Å². The van der Waals surface area contributed by atoms with Gasteiger partial charge in [0.05, 0.1) is 5.69 Å². The number of hydrogen-bond acceptors (Lipinski definition) is 3. The fourth-order valence-corrected chi connectivity index (χ4v) is 3.21. The number of carbonyl (C=O) groups is 1. The molecule has 1 amide bonds. The quantitative estimate of drug-likeness (QED) is 0.821. The first-order valence-corrected chi connectivity index (χ1v) is 8.32. The molecule has 1 aliphatic heterocycles. The first-order chi connectivity index (χ1) is 9.93. The first-order valence-electron chi connectivity index (χ1n) is 7.52. The van der Waals surface area contributed by atoms with Crippen LogP contribution in [-0.2, 0) is 4.79 Å². The van der Waals surface area contributed by atoms with Crippen LogP contribution in [0.2, 0.25) is 0 Å². The lowest BCUT2D eigenvalue weighted by molar-refractivity contribution is -0.117. The molecule has 1 aromatic carbocycles. The first kappa shape index (κ1) is 16.3. The Bertz CT molecular complexity index is 530. The van der Waals surface area contributed by atoms with E-state index in [-0.39, 0.29) is 11.9 Å². The summed E-state index contributed by atoms with van der Waals surface area (Å²) in [5, 5.41) is 6.19. The highest BCUT2D eigenvalue weighted by Gasteiger charge is 2.31. The van der Waals surface area contributed by atoms with Gasteiger partial charge < -0.3 is 15.5 Å². The minimum absolute atomic E-state index is 0.0285. The molecule has 1 heterocycles. The van der Waals surface area contributed by atoms with Crippen molar-refractivity contribution in [2.45, 2.75) is 33.2 Å². The van der Waals surface area contributed by atoms with Gasteiger partial charge in [-0.25, -0.2) is 0 Å². The summed E-state index contributed by atoms with van der Waals surface area (Å²) in [6.45, 7) is 8.23. The van der Waals surface area contributed by atoms with Gasteiger partial charge in [-0.15, -0.1) is 0 Å².